The van der Waals surface area contributed by atoms with Crippen molar-refractivity contribution in [2.45, 2.75) is 39.1 Å². The second-order valence-electron chi connectivity index (χ2n) is 4.53. The molecule has 0 saturated carbocycles. The first kappa shape index (κ1) is 12.2. The van der Waals surface area contributed by atoms with E-state index in [2.05, 4.69) is 41.8 Å². The standard InChI is InChI=1S/C14H19BNO/c1-12-11-13-7-3-4-8-14(13)16(12)10-6-2-5-9-15-17/h3-4,7-8,11,17H,2,5-6,9-10H2,1H3. The molecule has 89 valence electrons. The van der Waals surface area contributed by atoms with Crippen LogP contribution in [0, 0.1) is 6.92 Å². The van der Waals surface area contributed by atoms with Gasteiger partial charge in [0.25, 0.3) is 7.48 Å². The number of hydrogen-bond donors (Lipinski definition) is 1. The van der Waals surface area contributed by atoms with E-state index in [1.807, 2.05) is 0 Å². The van der Waals surface area contributed by atoms with Crippen LogP contribution >= 0.6 is 0 Å². The van der Waals surface area contributed by atoms with E-state index in [-0.39, 0.29) is 0 Å². The molecule has 0 aliphatic carbocycles. The number of benzene rings is 1. The highest BCUT2D eigenvalue weighted by atomic mass is 16.2. The summed E-state index contributed by atoms with van der Waals surface area (Å²) in [5.74, 6) is 0. The fourth-order valence-electron chi connectivity index (χ4n) is 2.33. The third-order valence-corrected chi connectivity index (χ3v) is 3.23. The Kier molecular flexibility index (Phi) is 4.26. The number of aryl methyl sites for hydroxylation is 2. The molecule has 17 heavy (non-hydrogen) atoms. The second-order valence-corrected chi connectivity index (χ2v) is 4.53. The predicted octanol–water partition coefficient (Wildman–Crippen LogP) is 3.15. The summed E-state index contributed by atoms with van der Waals surface area (Å²) in [6.45, 7) is 3.24. The first-order valence-electron chi connectivity index (χ1n) is 6.33. The van der Waals surface area contributed by atoms with Gasteiger partial charge < -0.3 is 9.59 Å². The Labute approximate surface area is 104 Å². The summed E-state index contributed by atoms with van der Waals surface area (Å²) in [5.41, 5.74) is 2.67. The Balaban J connectivity index is 2.00. The van der Waals surface area contributed by atoms with E-state index in [0.717, 1.165) is 19.3 Å². The topological polar surface area (TPSA) is 25.2 Å². The van der Waals surface area contributed by atoms with Crippen molar-refractivity contribution in [3.63, 3.8) is 0 Å². The fourth-order valence-corrected chi connectivity index (χ4v) is 2.33. The maximum absolute atomic E-state index is 8.60. The molecule has 0 fully saturated rings. The molecule has 1 N–H and O–H groups in total. The Morgan fingerprint density at radius 2 is 2.00 bits per heavy atom. The summed E-state index contributed by atoms with van der Waals surface area (Å²) < 4.78 is 2.39. The van der Waals surface area contributed by atoms with Gasteiger partial charge in [-0.1, -0.05) is 37.4 Å². The SMILES string of the molecule is Cc1cc2ccccc2n1CCCCC[B]O. The van der Waals surface area contributed by atoms with Gasteiger partial charge >= 0.3 is 0 Å². The summed E-state index contributed by atoms with van der Waals surface area (Å²) in [6.07, 6.45) is 4.23. The normalized spacial score (nSPS) is 10.9. The minimum atomic E-state index is 0.811. The summed E-state index contributed by atoms with van der Waals surface area (Å²) in [4.78, 5) is 0. The monoisotopic (exact) mass is 228 g/mol. The molecule has 0 aliphatic rings. The third-order valence-electron chi connectivity index (χ3n) is 3.23. The van der Waals surface area contributed by atoms with Gasteiger partial charge in [0.15, 0.2) is 0 Å². The van der Waals surface area contributed by atoms with E-state index in [1.54, 1.807) is 0 Å². The maximum atomic E-state index is 8.60. The lowest BCUT2D eigenvalue weighted by Gasteiger charge is -2.07. The minimum Gasteiger partial charge on any atom is -0.454 e. The molecule has 0 atom stereocenters. The van der Waals surface area contributed by atoms with Crippen LogP contribution in [0.25, 0.3) is 10.9 Å². The predicted molar refractivity (Wildman–Crippen MR) is 73.3 cm³/mol. The Morgan fingerprint density at radius 3 is 2.82 bits per heavy atom. The van der Waals surface area contributed by atoms with Gasteiger partial charge in [-0.2, -0.15) is 0 Å². The molecule has 0 amide bonds. The van der Waals surface area contributed by atoms with Gasteiger partial charge in [0.2, 0.25) is 0 Å². The van der Waals surface area contributed by atoms with E-state index in [0.29, 0.717) is 0 Å². The van der Waals surface area contributed by atoms with E-state index in [4.69, 9.17) is 5.02 Å². The molecule has 2 aromatic rings. The van der Waals surface area contributed by atoms with E-state index < -0.39 is 0 Å². The fraction of sp³-hybridized carbons (Fsp3) is 0.429. The zero-order chi connectivity index (χ0) is 12.1. The number of unbranched alkanes of at least 4 members (excludes halogenated alkanes) is 2. The number of para-hydroxylation sites is 1. The van der Waals surface area contributed by atoms with Gasteiger partial charge in [0.1, 0.15) is 0 Å². The van der Waals surface area contributed by atoms with Crippen LogP contribution in [-0.2, 0) is 6.54 Å². The van der Waals surface area contributed by atoms with Gasteiger partial charge in [-0.15, -0.1) is 0 Å². The first-order valence-corrected chi connectivity index (χ1v) is 6.33. The molecular formula is C14H19BNO. The minimum absolute atomic E-state index is 0.811. The highest BCUT2D eigenvalue weighted by Crippen LogP contribution is 2.19. The third kappa shape index (κ3) is 2.92. The highest BCUT2D eigenvalue weighted by Gasteiger charge is 2.03. The molecular weight excluding hydrogens is 209 g/mol. The van der Waals surface area contributed by atoms with Crippen LogP contribution in [0.2, 0.25) is 6.32 Å². The van der Waals surface area contributed by atoms with Crippen molar-refractivity contribution < 1.29 is 5.02 Å². The maximum Gasteiger partial charge on any atom is 0.287 e. The molecule has 0 bridgehead atoms. The van der Waals surface area contributed by atoms with Crippen LogP contribution in [0.3, 0.4) is 0 Å². The smallest absolute Gasteiger partial charge is 0.287 e. The Morgan fingerprint density at radius 1 is 1.18 bits per heavy atom. The zero-order valence-electron chi connectivity index (χ0n) is 10.4. The Bertz CT molecular complexity index is 478. The van der Waals surface area contributed by atoms with E-state index in [1.165, 1.54) is 36.9 Å². The molecule has 1 aromatic carbocycles. The van der Waals surface area contributed by atoms with Gasteiger partial charge in [-0.05, 0) is 30.9 Å². The van der Waals surface area contributed by atoms with Crippen molar-refractivity contribution >= 4 is 18.4 Å². The lowest BCUT2D eigenvalue weighted by Crippen LogP contribution is -2.00. The quantitative estimate of drug-likeness (QED) is 0.596. The van der Waals surface area contributed by atoms with Crippen LogP contribution in [0.1, 0.15) is 25.0 Å². The summed E-state index contributed by atoms with van der Waals surface area (Å²) in [7, 11) is 1.26. The summed E-state index contributed by atoms with van der Waals surface area (Å²) in [5, 5.41) is 9.93. The van der Waals surface area contributed by atoms with E-state index >= 15 is 0 Å². The molecule has 2 nitrogen and oxygen atoms in total. The summed E-state index contributed by atoms with van der Waals surface area (Å²) in [6, 6.07) is 10.8. The lowest BCUT2D eigenvalue weighted by atomic mass is 9.92. The summed E-state index contributed by atoms with van der Waals surface area (Å²) >= 11 is 0. The van der Waals surface area contributed by atoms with Crippen LogP contribution in [0.4, 0.5) is 0 Å². The number of aromatic nitrogens is 1. The van der Waals surface area contributed by atoms with Gasteiger partial charge in [0, 0.05) is 17.8 Å². The molecule has 0 saturated heterocycles. The number of nitrogens with zero attached hydrogens (tertiary/aromatic N) is 1. The molecule has 0 spiro atoms. The average Bonchev–Trinajstić information content (AvgIpc) is 2.65. The van der Waals surface area contributed by atoms with Crippen molar-refractivity contribution in [2.24, 2.45) is 0 Å². The van der Waals surface area contributed by atoms with Gasteiger partial charge in [-0.25, -0.2) is 0 Å². The van der Waals surface area contributed by atoms with Crippen molar-refractivity contribution in [3.8, 4) is 0 Å². The molecule has 0 unspecified atom stereocenters. The number of fused-ring (bicyclic) bond motifs is 1. The highest BCUT2D eigenvalue weighted by molar-refractivity contribution is 6.25. The molecule has 2 rings (SSSR count). The zero-order valence-corrected chi connectivity index (χ0v) is 10.4. The largest absolute Gasteiger partial charge is 0.454 e. The van der Waals surface area contributed by atoms with E-state index in [9.17, 15) is 0 Å². The van der Waals surface area contributed by atoms with Crippen LogP contribution in [0.5, 0.6) is 0 Å². The van der Waals surface area contributed by atoms with Crippen LogP contribution < -0.4 is 0 Å². The number of hydrogen-bond acceptors (Lipinski definition) is 1. The van der Waals surface area contributed by atoms with Crippen molar-refractivity contribution in [1.29, 1.82) is 0 Å². The lowest BCUT2D eigenvalue weighted by molar-refractivity contribution is 0.575. The first-order chi connectivity index (χ1) is 8.33. The molecule has 1 aromatic heterocycles. The molecule has 1 heterocycles. The van der Waals surface area contributed by atoms with Crippen molar-refractivity contribution in [2.75, 3.05) is 0 Å². The second kappa shape index (κ2) is 5.92. The number of rotatable bonds is 6. The van der Waals surface area contributed by atoms with Crippen LogP contribution in [0.15, 0.2) is 30.3 Å². The molecule has 3 heteroatoms. The van der Waals surface area contributed by atoms with Crippen LogP contribution in [-0.4, -0.2) is 17.1 Å². The van der Waals surface area contributed by atoms with Gasteiger partial charge in [0.05, 0.1) is 0 Å². The molecule has 0 aliphatic heterocycles. The Hall–Kier alpha value is -1.22. The van der Waals surface area contributed by atoms with Crippen molar-refractivity contribution in [3.05, 3.63) is 36.0 Å². The molecule has 1 radical (unpaired) electrons. The van der Waals surface area contributed by atoms with Gasteiger partial charge in [-0.3, -0.25) is 0 Å². The van der Waals surface area contributed by atoms with Crippen molar-refractivity contribution in [1.82, 2.24) is 4.57 Å². The average molecular weight is 228 g/mol.